The van der Waals surface area contributed by atoms with E-state index in [0.717, 1.165) is 21.3 Å². The van der Waals surface area contributed by atoms with E-state index in [4.69, 9.17) is 22.1 Å². The predicted octanol–water partition coefficient (Wildman–Crippen LogP) is 0.170. The van der Waals surface area contributed by atoms with Gasteiger partial charge in [-0.25, -0.2) is 4.63 Å². The molecule has 0 unspecified atom stereocenters. The summed E-state index contributed by atoms with van der Waals surface area (Å²) in [7, 11) is 0. The van der Waals surface area contributed by atoms with Crippen molar-refractivity contribution in [2.24, 2.45) is 0 Å². The van der Waals surface area contributed by atoms with Crippen LogP contribution in [0.1, 0.15) is 21.6 Å². The minimum absolute atomic E-state index is 0. The van der Waals surface area contributed by atoms with Crippen molar-refractivity contribution in [3.63, 3.8) is 0 Å². The van der Waals surface area contributed by atoms with Gasteiger partial charge >= 0.3 is 0 Å². The van der Waals surface area contributed by atoms with Crippen LogP contribution in [0.25, 0.3) is 0 Å². The van der Waals surface area contributed by atoms with Gasteiger partial charge in [0.1, 0.15) is 12.4 Å². The minimum atomic E-state index is -0.434. The van der Waals surface area contributed by atoms with Crippen molar-refractivity contribution in [1.29, 1.82) is 0 Å². The Labute approximate surface area is 193 Å². The summed E-state index contributed by atoms with van der Waals surface area (Å²) in [5, 5.41) is 13.5. The van der Waals surface area contributed by atoms with E-state index in [1.165, 1.54) is 0 Å². The fourth-order valence-corrected chi connectivity index (χ4v) is 3.12. The van der Waals surface area contributed by atoms with Crippen molar-refractivity contribution in [3.8, 4) is 5.75 Å². The van der Waals surface area contributed by atoms with Gasteiger partial charge in [-0.2, -0.15) is 0 Å². The van der Waals surface area contributed by atoms with Crippen LogP contribution >= 0.6 is 27.5 Å². The number of nitrogens with one attached hydrogen (secondary N) is 2. The third-order valence-electron chi connectivity index (χ3n) is 4.00. The van der Waals surface area contributed by atoms with E-state index < -0.39 is 5.91 Å². The fraction of sp³-hybridized carbons (Fsp3) is 0.211. The standard InChI is InChI=1S/C19H19BrClN5O3.ClH/c20-14-5-6-16(28-11-12-3-1-2-4-15(12)21)13(9-14)10-23-7-8-24-19(27)17-18(22)26-29-25-17;/h1-6,9,23H,7-8,10-11H2,(H2,22,26)(H,24,27);1H/p-1. The van der Waals surface area contributed by atoms with E-state index in [-0.39, 0.29) is 23.9 Å². The zero-order valence-electron chi connectivity index (χ0n) is 15.7. The summed E-state index contributed by atoms with van der Waals surface area (Å²) in [5.74, 6) is 0.285. The first-order chi connectivity index (χ1) is 14.0. The summed E-state index contributed by atoms with van der Waals surface area (Å²) in [6.07, 6.45) is 0. The largest absolute Gasteiger partial charge is 1.00 e. The fourth-order valence-electron chi connectivity index (χ4n) is 2.52. The summed E-state index contributed by atoms with van der Waals surface area (Å²) in [6.45, 7) is 1.85. The first-order valence-corrected chi connectivity index (χ1v) is 9.93. The number of ether oxygens (including phenoxy) is 1. The highest BCUT2D eigenvalue weighted by atomic mass is 79.9. The molecule has 1 heterocycles. The summed E-state index contributed by atoms with van der Waals surface area (Å²) in [4.78, 5) is 11.9. The summed E-state index contributed by atoms with van der Waals surface area (Å²) < 4.78 is 11.3. The maximum Gasteiger partial charge on any atom is 0.277 e. The van der Waals surface area contributed by atoms with Crippen LogP contribution in [0.4, 0.5) is 5.82 Å². The third-order valence-corrected chi connectivity index (χ3v) is 4.86. The number of nitrogens with two attached hydrogens (primary N) is 1. The molecule has 160 valence electrons. The molecule has 11 heteroatoms. The predicted molar refractivity (Wildman–Crippen MR) is 113 cm³/mol. The molecule has 0 aliphatic rings. The Morgan fingerprint density at radius 2 is 1.97 bits per heavy atom. The molecule has 0 saturated heterocycles. The van der Waals surface area contributed by atoms with Crippen molar-refractivity contribution < 1.29 is 26.6 Å². The highest BCUT2D eigenvalue weighted by Gasteiger charge is 2.15. The maximum atomic E-state index is 11.9. The Kier molecular flexibility index (Phi) is 9.38. The molecular weight excluding hydrogens is 497 g/mol. The molecule has 0 atom stereocenters. The Morgan fingerprint density at radius 1 is 1.17 bits per heavy atom. The van der Waals surface area contributed by atoms with Gasteiger partial charge in [0.25, 0.3) is 5.91 Å². The lowest BCUT2D eigenvalue weighted by Gasteiger charge is -2.14. The van der Waals surface area contributed by atoms with Crippen molar-refractivity contribution in [2.75, 3.05) is 18.8 Å². The molecule has 4 N–H and O–H groups in total. The molecule has 0 radical (unpaired) electrons. The minimum Gasteiger partial charge on any atom is -1.00 e. The summed E-state index contributed by atoms with van der Waals surface area (Å²) >= 11 is 9.67. The molecule has 2 aromatic carbocycles. The van der Waals surface area contributed by atoms with Gasteiger partial charge in [0, 0.05) is 40.3 Å². The zero-order valence-corrected chi connectivity index (χ0v) is 18.8. The Morgan fingerprint density at radius 3 is 2.70 bits per heavy atom. The number of benzene rings is 2. The zero-order chi connectivity index (χ0) is 20.6. The van der Waals surface area contributed by atoms with Crippen LogP contribution in [0.3, 0.4) is 0 Å². The molecular formula is C19H19BrCl2N5O3-. The number of amides is 1. The Balaban J connectivity index is 0.00000320. The summed E-state index contributed by atoms with van der Waals surface area (Å²) in [5.41, 5.74) is 7.36. The quantitative estimate of drug-likeness (QED) is 0.348. The second-order valence-electron chi connectivity index (χ2n) is 6.06. The number of hydrogen-bond donors (Lipinski definition) is 3. The second kappa shape index (κ2) is 11.8. The topological polar surface area (TPSA) is 115 Å². The van der Waals surface area contributed by atoms with E-state index in [2.05, 4.69) is 41.5 Å². The lowest BCUT2D eigenvalue weighted by molar-refractivity contribution is -0.0000149. The van der Waals surface area contributed by atoms with Crippen LogP contribution in [0.15, 0.2) is 51.6 Å². The molecule has 0 fully saturated rings. The first kappa shape index (κ1) is 23.9. The van der Waals surface area contributed by atoms with E-state index in [1.54, 1.807) is 0 Å². The van der Waals surface area contributed by atoms with Crippen LogP contribution in [0, 0.1) is 0 Å². The van der Waals surface area contributed by atoms with Crippen molar-refractivity contribution in [2.45, 2.75) is 13.2 Å². The molecule has 30 heavy (non-hydrogen) atoms. The monoisotopic (exact) mass is 514 g/mol. The van der Waals surface area contributed by atoms with Crippen LogP contribution in [-0.2, 0) is 13.2 Å². The third kappa shape index (κ3) is 6.60. The van der Waals surface area contributed by atoms with Crippen LogP contribution in [-0.4, -0.2) is 29.3 Å². The van der Waals surface area contributed by atoms with Gasteiger partial charge in [-0.3, -0.25) is 4.79 Å². The van der Waals surface area contributed by atoms with Gasteiger partial charge in [0.2, 0.25) is 11.5 Å². The van der Waals surface area contributed by atoms with E-state index in [1.807, 2.05) is 42.5 Å². The van der Waals surface area contributed by atoms with Gasteiger partial charge < -0.3 is 33.5 Å². The van der Waals surface area contributed by atoms with Crippen LogP contribution < -0.4 is 33.5 Å². The number of rotatable bonds is 9. The van der Waals surface area contributed by atoms with Gasteiger partial charge in [-0.05, 0) is 34.6 Å². The lowest BCUT2D eigenvalue weighted by atomic mass is 10.2. The van der Waals surface area contributed by atoms with Crippen molar-refractivity contribution in [3.05, 3.63) is 68.8 Å². The van der Waals surface area contributed by atoms with Gasteiger partial charge in [-0.1, -0.05) is 45.7 Å². The molecule has 8 nitrogen and oxygen atoms in total. The number of aromatic nitrogens is 2. The maximum absolute atomic E-state index is 11.9. The lowest BCUT2D eigenvalue weighted by Crippen LogP contribution is -3.00. The molecule has 1 amide bonds. The number of carbonyl (C=O) groups is 1. The Hall–Kier alpha value is -2.33. The van der Waals surface area contributed by atoms with E-state index in [9.17, 15) is 4.79 Å². The van der Waals surface area contributed by atoms with E-state index in [0.29, 0.717) is 31.3 Å². The molecule has 0 aliphatic carbocycles. The average Bonchev–Trinajstić information content (AvgIpc) is 3.14. The van der Waals surface area contributed by atoms with Crippen LogP contribution in [0.5, 0.6) is 5.75 Å². The smallest absolute Gasteiger partial charge is 0.277 e. The van der Waals surface area contributed by atoms with Gasteiger partial charge in [-0.15, -0.1) is 0 Å². The molecule has 3 rings (SSSR count). The van der Waals surface area contributed by atoms with Crippen molar-refractivity contribution >= 4 is 39.3 Å². The number of nitrogens with zero attached hydrogens (tertiary/aromatic N) is 2. The number of anilines is 1. The second-order valence-corrected chi connectivity index (χ2v) is 7.39. The SMILES string of the molecule is Nc1nonc1C(=O)NCCNCc1cc(Br)ccc1OCc1ccccc1Cl.[Cl-]. The van der Waals surface area contributed by atoms with E-state index >= 15 is 0 Å². The average molecular weight is 516 g/mol. The molecule has 3 aromatic rings. The van der Waals surface area contributed by atoms with Gasteiger partial charge in [0.15, 0.2) is 0 Å². The molecule has 1 aromatic heterocycles. The van der Waals surface area contributed by atoms with Crippen LogP contribution in [0.2, 0.25) is 5.02 Å². The number of halogens is 3. The first-order valence-electron chi connectivity index (χ1n) is 8.76. The normalized spacial score (nSPS) is 10.3. The van der Waals surface area contributed by atoms with Crippen molar-refractivity contribution in [1.82, 2.24) is 20.9 Å². The molecule has 0 spiro atoms. The number of carbonyl (C=O) groups excluding carboxylic acids is 1. The molecule has 0 bridgehead atoms. The Bertz CT molecular complexity index is 986. The van der Waals surface area contributed by atoms with Gasteiger partial charge in [0.05, 0.1) is 0 Å². The highest BCUT2D eigenvalue weighted by molar-refractivity contribution is 9.10. The molecule has 0 aliphatic heterocycles. The number of nitrogen functional groups attached to an aromatic ring is 1. The number of hydrogen-bond acceptors (Lipinski definition) is 7. The summed E-state index contributed by atoms with van der Waals surface area (Å²) in [6, 6.07) is 13.4. The highest BCUT2D eigenvalue weighted by Crippen LogP contribution is 2.25. The molecule has 0 saturated carbocycles.